The van der Waals surface area contributed by atoms with Gasteiger partial charge in [0.2, 0.25) is 5.41 Å². The van der Waals surface area contributed by atoms with Gasteiger partial charge in [0.15, 0.2) is 13.2 Å². The minimum atomic E-state index is -2.20. The lowest BCUT2D eigenvalue weighted by Gasteiger charge is -2.24. The molecule has 0 unspecified atom stereocenters. The number of aliphatic hydroxyl groups excluding tert-OH is 2. The van der Waals surface area contributed by atoms with Crippen LogP contribution >= 0.6 is 0 Å². The molecule has 0 bridgehead atoms. The van der Waals surface area contributed by atoms with Crippen LogP contribution in [0.1, 0.15) is 0 Å². The van der Waals surface area contributed by atoms with Crippen LogP contribution < -0.4 is 0 Å². The molecule has 0 saturated heterocycles. The third kappa shape index (κ3) is 3.49. The summed E-state index contributed by atoms with van der Waals surface area (Å²) in [5.41, 5.74) is -2.20. The number of hydrogen-bond acceptors (Lipinski definition) is 6. The van der Waals surface area contributed by atoms with Crippen molar-refractivity contribution in [3.8, 4) is 24.7 Å². The molecule has 0 spiro atoms. The number of carbonyl (C=O) groups is 2. The van der Waals surface area contributed by atoms with Gasteiger partial charge in [0, 0.05) is 0 Å². The summed E-state index contributed by atoms with van der Waals surface area (Å²) >= 11 is 0. The van der Waals surface area contributed by atoms with E-state index in [2.05, 4.69) is 9.47 Å². The maximum atomic E-state index is 11.5. The number of terminal acetylenes is 2. The van der Waals surface area contributed by atoms with Crippen molar-refractivity contribution in [2.24, 2.45) is 5.41 Å². The summed E-state index contributed by atoms with van der Waals surface area (Å²) in [6.07, 6.45) is 9.73. The average Bonchev–Trinajstić information content (AvgIpc) is 2.35. The summed E-state index contributed by atoms with van der Waals surface area (Å²) in [7, 11) is 0. The topological polar surface area (TPSA) is 93.1 Å². The van der Waals surface area contributed by atoms with Crippen LogP contribution in [0, 0.1) is 30.1 Å². The fraction of sp³-hybridized carbons (Fsp3) is 0.455. The van der Waals surface area contributed by atoms with Crippen molar-refractivity contribution in [3.63, 3.8) is 0 Å². The van der Waals surface area contributed by atoms with E-state index < -0.39 is 30.6 Å². The minimum absolute atomic E-state index is 0.386. The highest BCUT2D eigenvalue weighted by Crippen LogP contribution is 2.20. The predicted octanol–water partition coefficient (Wildman–Crippen LogP) is -1.69. The van der Waals surface area contributed by atoms with Gasteiger partial charge in [-0.2, -0.15) is 0 Å². The molecule has 0 saturated carbocycles. The third-order valence-corrected chi connectivity index (χ3v) is 1.89. The summed E-state index contributed by atoms with van der Waals surface area (Å²) in [6, 6.07) is 0. The van der Waals surface area contributed by atoms with E-state index in [4.69, 9.17) is 23.1 Å². The number of rotatable bonds is 6. The second kappa shape index (κ2) is 7.29. The van der Waals surface area contributed by atoms with Crippen LogP contribution in [-0.2, 0) is 19.1 Å². The molecule has 17 heavy (non-hydrogen) atoms. The van der Waals surface area contributed by atoms with Crippen molar-refractivity contribution < 1.29 is 29.3 Å². The Morgan fingerprint density at radius 1 is 1.00 bits per heavy atom. The summed E-state index contributed by atoms with van der Waals surface area (Å²) in [5, 5.41) is 18.1. The molecule has 0 fully saturated rings. The standard InChI is InChI=1S/C11H12O6/c1-3-5-16-9(14)11(7-12,8-13)10(15)17-6-4-2/h1-2,12-13H,5-8H2. The normalized spacial score (nSPS) is 9.88. The number of aliphatic hydroxyl groups is 2. The van der Waals surface area contributed by atoms with Gasteiger partial charge in [-0.1, -0.05) is 11.8 Å². The highest BCUT2D eigenvalue weighted by atomic mass is 16.6. The number of hydrogen-bond donors (Lipinski definition) is 2. The van der Waals surface area contributed by atoms with Gasteiger partial charge < -0.3 is 19.7 Å². The molecule has 2 N–H and O–H groups in total. The zero-order valence-corrected chi connectivity index (χ0v) is 9.01. The predicted molar refractivity (Wildman–Crippen MR) is 56.2 cm³/mol. The molecule has 0 aliphatic heterocycles. The summed E-state index contributed by atoms with van der Waals surface area (Å²) < 4.78 is 8.98. The molecule has 0 heterocycles. The van der Waals surface area contributed by atoms with Gasteiger partial charge >= 0.3 is 11.9 Å². The van der Waals surface area contributed by atoms with Gasteiger partial charge in [0.05, 0.1) is 13.2 Å². The van der Waals surface area contributed by atoms with Crippen LogP contribution in [0.4, 0.5) is 0 Å². The second-order valence-corrected chi connectivity index (χ2v) is 2.96. The van der Waals surface area contributed by atoms with Crippen molar-refractivity contribution >= 4 is 11.9 Å². The first-order valence-electron chi connectivity index (χ1n) is 4.52. The lowest BCUT2D eigenvalue weighted by Crippen LogP contribution is -2.48. The lowest BCUT2D eigenvalue weighted by atomic mass is 9.90. The Kier molecular flexibility index (Phi) is 6.42. The van der Waals surface area contributed by atoms with E-state index in [1.807, 2.05) is 11.8 Å². The highest BCUT2D eigenvalue weighted by molar-refractivity contribution is 6.00. The van der Waals surface area contributed by atoms with E-state index in [0.29, 0.717) is 0 Å². The van der Waals surface area contributed by atoms with Gasteiger partial charge in [-0.15, -0.1) is 12.8 Å². The first-order valence-corrected chi connectivity index (χ1v) is 4.52. The van der Waals surface area contributed by atoms with Crippen molar-refractivity contribution in [1.82, 2.24) is 0 Å². The molecule has 0 rings (SSSR count). The Morgan fingerprint density at radius 2 is 1.35 bits per heavy atom. The van der Waals surface area contributed by atoms with Crippen LogP contribution in [-0.4, -0.2) is 48.6 Å². The lowest BCUT2D eigenvalue weighted by molar-refractivity contribution is -0.177. The van der Waals surface area contributed by atoms with E-state index >= 15 is 0 Å². The van der Waals surface area contributed by atoms with Crippen LogP contribution in [0.25, 0.3) is 0 Å². The molecular weight excluding hydrogens is 228 g/mol. The second-order valence-electron chi connectivity index (χ2n) is 2.96. The molecule has 0 aliphatic rings. The molecular formula is C11H12O6. The number of carbonyl (C=O) groups excluding carboxylic acids is 2. The molecule has 6 nitrogen and oxygen atoms in total. The fourth-order valence-electron chi connectivity index (χ4n) is 0.882. The van der Waals surface area contributed by atoms with Crippen molar-refractivity contribution in [3.05, 3.63) is 0 Å². The third-order valence-electron chi connectivity index (χ3n) is 1.89. The van der Waals surface area contributed by atoms with Gasteiger partial charge in [-0.3, -0.25) is 9.59 Å². The van der Waals surface area contributed by atoms with Gasteiger partial charge in [-0.25, -0.2) is 0 Å². The number of ether oxygens (including phenoxy) is 2. The molecule has 0 aromatic rings. The largest absolute Gasteiger partial charge is 0.452 e. The van der Waals surface area contributed by atoms with E-state index in [0.717, 1.165) is 0 Å². The maximum Gasteiger partial charge on any atom is 0.329 e. The SMILES string of the molecule is C#CCOC(=O)C(CO)(CO)C(=O)OCC#C. The zero-order valence-electron chi connectivity index (χ0n) is 9.01. The Hall–Kier alpha value is -2.02. The number of esters is 2. The molecule has 0 amide bonds. The molecule has 0 aromatic heterocycles. The van der Waals surface area contributed by atoms with Crippen molar-refractivity contribution in [2.75, 3.05) is 26.4 Å². The van der Waals surface area contributed by atoms with Crippen LogP contribution in [0.3, 0.4) is 0 Å². The van der Waals surface area contributed by atoms with E-state index in [9.17, 15) is 9.59 Å². The average molecular weight is 240 g/mol. The molecule has 0 aliphatic carbocycles. The monoisotopic (exact) mass is 240 g/mol. The molecule has 0 radical (unpaired) electrons. The zero-order chi connectivity index (χ0) is 13.3. The Morgan fingerprint density at radius 3 is 1.59 bits per heavy atom. The van der Waals surface area contributed by atoms with Gasteiger partial charge in [0.1, 0.15) is 0 Å². The molecule has 92 valence electrons. The Labute approximate surface area is 98.5 Å². The van der Waals surface area contributed by atoms with E-state index in [1.165, 1.54) is 0 Å². The fourth-order valence-corrected chi connectivity index (χ4v) is 0.882. The van der Waals surface area contributed by atoms with Gasteiger partial charge in [0.25, 0.3) is 0 Å². The maximum absolute atomic E-state index is 11.5. The minimum Gasteiger partial charge on any atom is -0.452 e. The van der Waals surface area contributed by atoms with Crippen LogP contribution in [0.5, 0.6) is 0 Å². The first-order chi connectivity index (χ1) is 8.08. The van der Waals surface area contributed by atoms with Crippen molar-refractivity contribution in [1.29, 1.82) is 0 Å². The van der Waals surface area contributed by atoms with Crippen LogP contribution in [0.15, 0.2) is 0 Å². The highest BCUT2D eigenvalue weighted by Gasteiger charge is 2.48. The van der Waals surface area contributed by atoms with E-state index in [1.54, 1.807) is 0 Å². The molecule has 6 heteroatoms. The summed E-state index contributed by atoms with van der Waals surface area (Å²) in [6.45, 7) is -2.72. The Balaban J connectivity index is 4.90. The van der Waals surface area contributed by atoms with Crippen molar-refractivity contribution in [2.45, 2.75) is 0 Å². The Bertz CT molecular complexity index is 323. The quantitative estimate of drug-likeness (QED) is 0.327. The first kappa shape index (κ1) is 15.0. The summed E-state index contributed by atoms with van der Waals surface area (Å²) in [5.74, 6) is 1.69. The molecule has 0 atom stereocenters. The van der Waals surface area contributed by atoms with Crippen LogP contribution in [0.2, 0.25) is 0 Å². The summed E-state index contributed by atoms with van der Waals surface area (Å²) in [4.78, 5) is 23.0. The smallest absolute Gasteiger partial charge is 0.329 e. The van der Waals surface area contributed by atoms with E-state index in [-0.39, 0.29) is 13.2 Å². The van der Waals surface area contributed by atoms with Gasteiger partial charge in [-0.05, 0) is 0 Å². The molecule has 0 aromatic carbocycles.